The zero-order chi connectivity index (χ0) is 16.2. The van der Waals surface area contributed by atoms with Gasteiger partial charge in [-0.1, -0.05) is 52.3 Å². The van der Waals surface area contributed by atoms with Crippen LogP contribution in [0.1, 0.15) is 15.9 Å². The van der Waals surface area contributed by atoms with Gasteiger partial charge in [0.15, 0.2) is 12.2 Å². The van der Waals surface area contributed by atoms with Gasteiger partial charge in [-0.2, -0.15) is 0 Å². The average molecular weight is 368 g/mol. The molecule has 0 N–H and O–H groups in total. The number of halogens is 1. The number of ketones is 1. The second kappa shape index (κ2) is 6.84. The molecule has 0 spiro atoms. The number of rotatable bonds is 4. The van der Waals surface area contributed by atoms with Crippen molar-refractivity contribution in [2.75, 3.05) is 0 Å². The van der Waals surface area contributed by atoms with E-state index in [1.807, 2.05) is 48.7 Å². The van der Waals surface area contributed by atoms with Gasteiger partial charge in [0.05, 0.1) is 6.20 Å². The summed E-state index contributed by atoms with van der Waals surface area (Å²) in [6.07, 6.45) is 3.60. The summed E-state index contributed by atoms with van der Waals surface area (Å²) < 4.78 is 2.76. The number of benzene rings is 2. The van der Waals surface area contributed by atoms with Gasteiger partial charge in [0, 0.05) is 21.7 Å². The third-order valence-electron chi connectivity index (χ3n) is 3.68. The van der Waals surface area contributed by atoms with Crippen LogP contribution in [0.3, 0.4) is 0 Å². The molecule has 0 aliphatic carbocycles. The third-order valence-corrected chi connectivity index (χ3v) is 4.21. The van der Waals surface area contributed by atoms with Crippen LogP contribution in [0.4, 0.5) is 0 Å². The van der Waals surface area contributed by atoms with Crippen LogP contribution < -0.4 is 4.57 Å². The molecule has 1 heterocycles. The Bertz CT molecular complexity index is 827. The lowest BCUT2D eigenvalue weighted by molar-refractivity contribution is -0.686. The Morgan fingerprint density at radius 1 is 1.09 bits per heavy atom. The molecule has 0 atom stereocenters. The molecule has 4 heteroatoms. The Morgan fingerprint density at radius 3 is 2.48 bits per heavy atom. The molecule has 3 nitrogen and oxygen atoms in total. The molecule has 1 aromatic heterocycles. The maximum atomic E-state index is 12.3. The van der Waals surface area contributed by atoms with Crippen molar-refractivity contribution in [3.8, 4) is 11.3 Å². The molecule has 3 aromatic rings. The summed E-state index contributed by atoms with van der Waals surface area (Å²) in [5.41, 5.74) is 3.90. The normalized spacial score (nSPS) is 10.5. The molecule has 0 bridgehead atoms. The summed E-state index contributed by atoms with van der Waals surface area (Å²) in [6, 6.07) is 17.5. The topological polar surface area (TPSA) is 33.8 Å². The summed E-state index contributed by atoms with van der Waals surface area (Å²) in [4.78, 5) is 16.7. The molecule has 0 saturated carbocycles. The van der Waals surface area contributed by atoms with E-state index in [-0.39, 0.29) is 12.3 Å². The van der Waals surface area contributed by atoms with Crippen LogP contribution in [-0.2, 0) is 6.54 Å². The number of hydrogen-bond acceptors (Lipinski definition) is 2. The van der Waals surface area contributed by atoms with Gasteiger partial charge in [-0.25, -0.2) is 4.57 Å². The number of carbonyl (C=O) groups excluding carboxylic acids is 1. The smallest absolute Gasteiger partial charge is 0.287 e. The van der Waals surface area contributed by atoms with E-state index < -0.39 is 0 Å². The molecule has 0 unspecified atom stereocenters. The summed E-state index contributed by atoms with van der Waals surface area (Å²) >= 11 is 3.37. The third kappa shape index (κ3) is 3.71. The Morgan fingerprint density at radius 2 is 1.83 bits per heavy atom. The molecule has 23 heavy (non-hydrogen) atoms. The van der Waals surface area contributed by atoms with E-state index in [1.54, 1.807) is 10.9 Å². The Kier molecular flexibility index (Phi) is 4.63. The molecule has 2 aromatic carbocycles. The van der Waals surface area contributed by atoms with E-state index in [9.17, 15) is 4.79 Å². The van der Waals surface area contributed by atoms with Gasteiger partial charge < -0.3 is 0 Å². The summed E-state index contributed by atoms with van der Waals surface area (Å²) in [5, 5.41) is 0. The van der Waals surface area contributed by atoms with Crippen molar-refractivity contribution in [3.63, 3.8) is 0 Å². The molecule has 0 fully saturated rings. The van der Waals surface area contributed by atoms with Gasteiger partial charge in [-0.15, -0.1) is 0 Å². The Labute approximate surface area is 143 Å². The lowest BCUT2D eigenvalue weighted by Crippen LogP contribution is -2.37. The van der Waals surface area contributed by atoms with Crippen LogP contribution in [0.2, 0.25) is 0 Å². The molecule has 0 amide bonds. The van der Waals surface area contributed by atoms with Crippen LogP contribution in [0.15, 0.2) is 71.6 Å². The minimum absolute atomic E-state index is 0.0629. The van der Waals surface area contributed by atoms with Gasteiger partial charge in [0.2, 0.25) is 5.78 Å². The zero-order valence-electron chi connectivity index (χ0n) is 12.7. The fourth-order valence-electron chi connectivity index (χ4n) is 2.39. The monoisotopic (exact) mass is 367 g/mol. The van der Waals surface area contributed by atoms with Gasteiger partial charge >= 0.3 is 0 Å². The highest BCUT2D eigenvalue weighted by Crippen LogP contribution is 2.19. The lowest BCUT2D eigenvalue weighted by Gasteiger charge is -2.02. The SMILES string of the molecule is Cc1ccccc1-c1cc[n+](CC(=O)c2ccc(Br)cc2)cn1. The summed E-state index contributed by atoms with van der Waals surface area (Å²) in [6.45, 7) is 2.35. The first-order valence-corrected chi connectivity index (χ1v) is 8.12. The van der Waals surface area contributed by atoms with E-state index in [2.05, 4.69) is 40.0 Å². The number of Topliss-reactive ketones (excluding diaryl/α,β-unsaturated/α-hetero) is 1. The van der Waals surface area contributed by atoms with E-state index in [0.29, 0.717) is 5.56 Å². The van der Waals surface area contributed by atoms with Crippen molar-refractivity contribution in [2.24, 2.45) is 0 Å². The highest BCUT2D eigenvalue weighted by atomic mass is 79.9. The molecule has 114 valence electrons. The largest absolute Gasteiger partial charge is 0.290 e. The van der Waals surface area contributed by atoms with Crippen molar-refractivity contribution < 1.29 is 9.36 Å². The first-order valence-electron chi connectivity index (χ1n) is 7.33. The first-order chi connectivity index (χ1) is 11.1. The van der Waals surface area contributed by atoms with Crippen molar-refractivity contribution >= 4 is 21.7 Å². The van der Waals surface area contributed by atoms with Crippen LogP contribution in [0.25, 0.3) is 11.3 Å². The van der Waals surface area contributed by atoms with Crippen LogP contribution in [-0.4, -0.2) is 10.8 Å². The quantitative estimate of drug-likeness (QED) is 0.516. The zero-order valence-corrected chi connectivity index (χ0v) is 14.3. The van der Waals surface area contributed by atoms with Gasteiger partial charge in [-0.05, 0) is 29.6 Å². The number of aryl methyl sites for hydroxylation is 1. The van der Waals surface area contributed by atoms with Crippen molar-refractivity contribution in [1.82, 2.24) is 4.98 Å². The highest BCUT2D eigenvalue weighted by Gasteiger charge is 2.12. The number of hydrogen-bond donors (Lipinski definition) is 0. The summed E-state index contributed by atoms with van der Waals surface area (Å²) in [5.74, 6) is 0.0629. The predicted octanol–water partition coefficient (Wildman–Crippen LogP) is 3.99. The number of aromatic nitrogens is 2. The fourth-order valence-corrected chi connectivity index (χ4v) is 2.65. The van der Waals surface area contributed by atoms with E-state index in [0.717, 1.165) is 15.7 Å². The number of carbonyl (C=O) groups is 1. The van der Waals surface area contributed by atoms with Crippen LogP contribution in [0.5, 0.6) is 0 Å². The molecular formula is C19H16BrN2O+. The van der Waals surface area contributed by atoms with Crippen molar-refractivity contribution in [1.29, 1.82) is 0 Å². The molecule has 0 aliphatic rings. The van der Waals surface area contributed by atoms with Gasteiger partial charge in [0.25, 0.3) is 6.33 Å². The standard InChI is InChI=1S/C19H16BrN2O/c1-14-4-2-3-5-17(14)18-10-11-22(13-21-18)12-19(23)15-6-8-16(20)9-7-15/h2-11,13H,12H2,1H3/q+1. The van der Waals surface area contributed by atoms with Gasteiger partial charge in [-0.3, -0.25) is 4.79 Å². The van der Waals surface area contributed by atoms with Gasteiger partial charge in [0.1, 0.15) is 0 Å². The highest BCUT2D eigenvalue weighted by molar-refractivity contribution is 9.10. The molecule has 3 rings (SSSR count). The first kappa shape index (κ1) is 15.6. The molecular weight excluding hydrogens is 352 g/mol. The Hall–Kier alpha value is -2.33. The Balaban J connectivity index is 1.76. The van der Waals surface area contributed by atoms with Crippen molar-refractivity contribution in [3.05, 3.63) is 82.7 Å². The van der Waals surface area contributed by atoms with E-state index in [4.69, 9.17) is 0 Å². The van der Waals surface area contributed by atoms with E-state index in [1.165, 1.54) is 5.56 Å². The maximum Gasteiger partial charge on any atom is 0.287 e. The fraction of sp³-hybridized carbons (Fsp3) is 0.105. The van der Waals surface area contributed by atoms with E-state index >= 15 is 0 Å². The minimum atomic E-state index is 0.0629. The average Bonchev–Trinajstić information content (AvgIpc) is 2.57. The lowest BCUT2D eigenvalue weighted by atomic mass is 10.1. The van der Waals surface area contributed by atoms with Crippen molar-refractivity contribution in [2.45, 2.75) is 13.5 Å². The second-order valence-corrected chi connectivity index (χ2v) is 6.28. The summed E-state index contributed by atoms with van der Waals surface area (Å²) in [7, 11) is 0. The second-order valence-electron chi connectivity index (χ2n) is 5.36. The number of nitrogens with zero attached hydrogens (tertiary/aromatic N) is 2. The predicted molar refractivity (Wildman–Crippen MR) is 93.1 cm³/mol. The van der Waals surface area contributed by atoms with Crippen LogP contribution in [0, 0.1) is 6.92 Å². The molecule has 0 saturated heterocycles. The molecule has 0 aliphatic heterocycles. The molecule has 0 radical (unpaired) electrons. The maximum absolute atomic E-state index is 12.3. The van der Waals surface area contributed by atoms with Crippen LogP contribution >= 0.6 is 15.9 Å². The minimum Gasteiger partial charge on any atom is -0.290 e.